The monoisotopic (exact) mass is 256 g/mol. The van der Waals surface area contributed by atoms with Gasteiger partial charge in [0, 0.05) is 5.54 Å². The largest absolute Gasteiger partial charge is 0.480 e. The van der Waals surface area contributed by atoms with Crippen molar-refractivity contribution in [2.45, 2.75) is 64.5 Å². The zero-order valence-electron chi connectivity index (χ0n) is 11.5. The summed E-state index contributed by atoms with van der Waals surface area (Å²) >= 11 is 0. The van der Waals surface area contributed by atoms with Crippen LogP contribution in [0.25, 0.3) is 0 Å². The van der Waals surface area contributed by atoms with Gasteiger partial charge in [0.2, 0.25) is 0 Å². The first-order chi connectivity index (χ1) is 8.34. The number of nitrogens with one attached hydrogen (secondary N) is 2. The number of hydrogen-bond acceptors (Lipinski definition) is 2. The first-order valence-corrected chi connectivity index (χ1v) is 6.65. The third kappa shape index (κ3) is 4.20. The summed E-state index contributed by atoms with van der Waals surface area (Å²) in [6.07, 6.45) is 5.36. The molecule has 3 N–H and O–H groups in total. The highest BCUT2D eigenvalue weighted by atomic mass is 16.4. The lowest BCUT2D eigenvalue weighted by Crippen LogP contribution is -2.55. The van der Waals surface area contributed by atoms with E-state index >= 15 is 0 Å². The summed E-state index contributed by atoms with van der Waals surface area (Å²) in [5.74, 6) is -1.12. The van der Waals surface area contributed by atoms with Crippen molar-refractivity contribution >= 4 is 12.0 Å². The van der Waals surface area contributed by atoms with Crippen molar-refractivity contribution in [3.05, 3.63) is 0 Å². The molecule has 0 unspecified atom stereocenters. The number of rotatable bonds is 4. The van der Waals surface area contributed by atoms with Gasteiger partial charge < -0.3 is 15.7 Å². The predicted octanol–water partition coefficient (Wildman–Crippen LogP) is 2.12. The van der Waals surface area contributed by atoms with E-state index in [9.17, 15) is 9.59 Å². The zero-order chi connectivity index (χ0) is 13.8. The van der Waals surface area contributed by atoms with Crippen molar-refractivity contribution in [1.29, 1.82) is 0 Å². The van der Waals surface area contributed by atoms with E-state index in [0.29, 0.717) is 0 Å². The van der Waals surface area contributed by atoms with Crippen LogP contribution in [0.5, 0.6) is 0 Å². The molecule has 1 rings (SSSR count). The second-order valence-electron chi connectivity index (χ2n) is 5.78. The Morgan fingerprint density at radius 1 is 1.17 bits per heavy atom. The molecule has 0 radical (unpaired) electrons. The van der Waals surface area contributed by atoms with Gasteiger partial charge in [-0.05, 0) is 25.7 Å². The number of carbonyl (C=O) groups is 2. The topological polar surface area (TPSA) is 78.4 Å². The molecule has 104 valence electrons. The molecule has 1 atom stereocenters. The van der Waals surface area contributed by atoms with Crippen LogP contribution in [0.1, 0.15) is 52.9 Å². The summed E-state index contributed by atoms with van der Waals surface area (Å²) in [6.45, 7) is 5.58. The Morgan fingerprint density at radius 2 is 1.72 bits per heavy atom. The van der Waals surface area contributed by atoms with E-state index < -0.39 is 12.0 Å². The fraction of sp³-hybridized carbons (Fsp3) is 0.846. The molecule has 5 nitrogen and oxygen atoms in total. The number of amides is 2. The van der Waals surface area contributed by atoms with Crippen LogP contribution in [0.15, 0.2) is 0 Å². The highest BCUT2D eigenvalue weighted by molar-refractivity contribution is 5.83. The Hall–Kier alpha value is -1.26. The summed E-state index contributed by atoms with van der Waals surface area (Å²) in [5.41, 5.74) is -0.192. The molecule has 1 aliphatic carbocycles. The van der Waals surface area contributed by atoms with Crippen LogP contribution in [-0.4, -0.2) is 28.7 Å². The van der Waals surface area contributed by atoms with Crippen molar-refractivity contribution in [2.24, 2.45) is 5.92 Å². The molecule has 1 aliphatic rings. The molecule has 0 heterocycles. The minimum atomic E-state index is -0.992. The van der Waals surface area contributed by atoms with Gasteiger partial charge in [0.1, 0.15) is 6.04 Å². The van der Waals surface area contributed by atoms with E-state index in [1.165, 1.54) is 6.42 Å². The maximum Gasteiger partial charge on any atom is 0.326 e. The van der Waals surface area contributed by atoms with Crippen molar-refractivity contribution < 1.29 is 14.7 Å². The van der Waals surface area contributed by atoms with Crippen molar-refractivity contribution in [1.82, 2.24) is 10.6 Å². The smallest absolute Gasteiger partial charge is 0.326 e. The average Bonchev–Trinajstić information content (AvgIpc) is 2.25. The van der Waals surface area contributed by atoms with E-state index in [-0.39, 0.29) is 17.5 Å². The third-order valence-electron chi connectivity index (χ3n) is 3.59. The Labute approximate surface area is 108 Å². The van der Waals surface area contributed by atoms with E-state index in [1.807, 2.05) is 6.92 Å². The second-order valence-corrected chi connectivity index (χ2v) is 5.78. The normalized spacial score (nSPS) is 20.2. The van der Waals surface area contributed by atoms with E-state index in [2.05, 4.69) is 10.6 Å². The summed E-state index contributed by atoms with van der Waals surface area (Å²) < 4.78 is 0. The summed E-state index contributed by atoms with van der Waals surface area (Å²) in [7, 11) is 0. The first-order valence-electron chi connectivity index (χ1n) is 6.65. The molecular formula is C13H24N2O3. The van der Waals surface area contributed by atoms with Crippen LogP contribution in [0.2, 0.25) is 0 Å². The molecule has 0 saturated heterocycles. The third-order valence-corrected chi connectivity index (χ3v) is 3.59. The fourth-order valence-electron chi connectivity index (χ4n) is 2.42. The number of hydrogen-bond donors (Lipinski definition) is 3. The minimum Gasteiger partial charge on any atom is -0.480 e. The average molecular weight is 256 g/mol. The summed E-state index contributed by atoms with van der Waals surface area (Å²) in [4.78, 5) is 22.9. The quantitative estimate of drug-likeness (QED) is 0.721. The summed E-state index contributed by atoms with van der Waals surface area (Å²) in [5, 5.41) is 14.5. The van der Waals surface area contributed by atoms with Crippen LogP contribution in [0, 0.1) is 5.92 Å². The van der Waals surface area contributed by atoms with Crippen molar-refractivity contribution in [3.8, 4) is 0 Å². The Balaban J connectivity index is 2.52. The molecule has 1 saturated carbocycles. The second kappa shape index (κ2) is 6.07. The molecule has 5 heteroatoms. The Kier molecular flexibility index (Phi) is 4.99. The zero-order valence-corrected chi connectivity index (χ0v) is 11.5. The van der Waals surface area contributed by atoms with E-state index in [0.717, 1.165) is 25.7 Å². The number of carboxylic acid groups (broad SMARTS) is 1. The molecule has 0 aromatic heterocycles. The van der Waals surface area contributed by atoms with Gasteiger partial charge in [0.05, 0.1) is 0 Å². The lowest BCUT2D eigenvalue weighted by atomic mass is 9.83. The van der Waals surface area contributed by atoms with E-state index in [1.54, 1.807) is 13.8 Å². The van der Waals surface area contributed by atoms with Gasteiger partial charge in [0.15, 0.2) is 0 Å². The standard InChI is InChI=1S/C13H24N2O3/c1-9(2)10(11(16)17)14-12(18)15-13(3)7-5-4-6-8-13/h9-10H,4-8H2,1-3H3,(H,16,17)(H2,14,15,18)/t10-/m1/s1. The summed E-state index contributed by atoms with van der Waals surface area (Å²) in [6, 6.07) is -1.21. The SMILES string of the molecule is CC(C)[C@@H](NC(=O)NC1(C)CCCCC1)C(=O)O. The molecule has 2 amide bonds. The maximum atomic E-state index is 11.9. The van der Waals surface area contributed by atoms with Crippen LogP contribution < -0.4 is 10.6 Å². The number of carboxylic acids is 1. The molecule has 0 bridgehead atoms. The Bertz CT molecular complexity index is 309. The van der Waals surface area contributed by atoms with Gasteiger partial charge in [-0.1, -0.05) is 33.1 Å². The maximum absolute atomic E-state index is 11.9. The highest BCUT2D eigenvalue weighted by Crippen LogP contribution is 2.27. The highest BCUT2D eigenvalue weighted by Gasteiger charge is 2.30. The van der Waals surface area contributed by atoms with Gasteiger partial charge >= 0.3 is 12.0 Å². The van der Waals surface area contributed by atoms with Gasteiger partial charge in [0.25, 0.3) is 0 Å². The molecule has 0 spiro atoms. The molecule has 0 aliphatic heterocycles. The Morgan fingerprint density at radius 3 is 2.17 bits per heavy atom. The van der Waals surface area contributed by atoms with Crippen LogP contribution >= 0.6 is 0 Å². The van der Waals surface area contributed by atoms with Gasteiger partial charge in [-0.3, -0.25) is 0 Å². The number of aliphatic carboxylic acids is 1. The van der Waals surface area contributed by atoms with Crippen molar-refractivity contribution in [2.75, 3.05) is 0 Å². The van der Waals surface area contributed by atoms with Gasteiger partial charge in [-0.25, -0.2) is 9.59 Å². The van der Waals surface area contributed by atoms with Crippen LogP contribution in [-0.2, 0) is 4.79 Å². The molecular weight excluding hydrogens is 232 g/mol. The van der Waals surface area contributed by atoms with Gasteiger partial charge in [-0.15, -0.1) is 0 Å². The van der Waals surface area contributed by atoms with Crippen molar-refractivity contribution in [3.63, 3.8) is 0 Å². The minimum absolute atomic E-state index is 0.132. The lowest BCUT2D eigenvalue weighted by molar-refractivity contribution is -0.140. The van der Waals surface area contributed by atoms with Gasteiger partial charge in [-0.2, -0.15) is 0 Å². The molecule has 0 aromatic rings. The predicted molar refractivity (Wildman–Crippen MR) is 69.4 cm³/mol. The molecule has 1 fully saturated rings. The molecule has 18 heavy (non-hydrogen) atoms. The first kappa shape index (κ1) is 14.8. The van der Waals surface area contributed by atoms with Crippen LogP contribution in [0.3, 0.4) is 0 Å². The van der Waals surface area contributed by atoms with E-state index in [4.69, 9.17) is 5.11 Å². The molecule has 0 aromatic carbocycles. The lowest BCUT2D eigenvalue weighted by Gasteiger charge is -2.35. The van der Waals surface area contributed by atoms with Crippen LogP contribution in [0.4, 0.5) is 4.79 Å². The fourth-order valence-corrected chi connectivity index (χ4v) is 2.42. The number of urea groups is 1. The number of carbonyl (C=O) groups excluding carboxylic acids is 1.